The average molecular weight is 291 g/mol. The number of hydrogen-bond donors (Lipinski definition) is 2. The minimum absolute atomic E-state index is 0.0557. The first-order chi connectivity index (χ1) is 10.0. The first-order valence-electron chi connectivity index (χ1n) is 7.07. The topological polar surface area (TPSA) is 95.7 Å². The smallest absolute Gasteiger partial charge is 0.335 e. The van der Waals surface area contributed by atoms with E-state index in [2.05, 4.69) is 10.2 Å². The van der Waals surface area contributed by atoms with E-state index in [0.717, 1.165) is 19.5 Å². The predicted molar refractivity (Wildman–Crippen MR) is 76.7 cm³/mol. The zero-order chi connectivity index (χ0) is 15.0. The summed E-state index contributed by atoms with van der Waals surface area (Å²) in [6, 6.07) is 4.67. The Morgan fingerprint density at radius 3 is 2.76 bits per heavy atom. The van der Waals surface area contributed by atoms with Crippen molar-refractivity contribution in [2.45, 2.75) is 31.3 Å². The zero-order valence-electron chi connectivity index (χ0n) is 11.5. The van der Waals surface area contributed by atoms with Crippen LogP contribution in [0, 0.1) is 10.1 Å². The van der Waals surface area contributed by atoms with E-state index >= 15 is 0 Å². The van der Waals surface area contributed by atoms with Crippen LogP contribution in [0.3, 0.4) is 0 Å². The molecule has 1 unspecified atom stereocenters. The molecule has 1 heterocycles. The summed E-state index contributed by atoms with van der Waals surface area (Å²) in [6.07, 6.45) is 3.40. The Kier molecular flexibility index (Phi) is 3.50. The Hall–Kier alpha value is -2.15. The molecule has 1 saturated heterocycles. The van der Waals surface area contributed by atoms with Crippen molar-refractivity contribution in [3.63, 3.8) is 0 Å². The molecule has 0 amide bonds. The van der Waals surface area contributed by atoms with Gasteiger partial charge in [0, 0.05) is 31.2 Å². The van der Waals surface area contributed by atoms with Gasteiger partial charge in [-0.05, 0) is 31.4 Å². The molecule has 0 spiro atoms. The van der Waals surface area contributed by atoms with Crippen LogP contribution >= 0.6 is 0 Å². The number of aromatic carboxylic acids is 1. The number of nitro groups is 1. The van der Waals surface area contributed by atoms with Crippen LogP contribution in [0.1, 0.15) is 29.6 Å². The fourth-order valence-electron chi connectivity index (χ4n) is 2.84. The van der Waals surface area contributed by atoms with Crippen molar-refractivity contribution in [2.24, 2.45) is 0 Å². The van der Waals surface area contributed by atoms with Gasteiger partial charge in [-0.25, -0.2) is 4.79 Å². The average Bonchev–Trinajstić information content (AvgIpc) is 3.19. The molecule has 21 heavy (non-hydrogen) atoms. The van der Waals surface area contributed by atoms with Crippen LogP contribution in [0.5, 0.6) is 0 Å². The van der Waals surface area contributed by atoms with Gasteiger partial charge in [-0.15, -0.1) is 0 Å². The second kappa shape index (κ2) is 5.33. The van der Waals surface area contributed by atoms with Gasteiger partial charge in [-0.3, -0.25) is 15.0 Å². The summed E-state index contributed by atoms with van der Waals surface area (Å²) in [6.45, 7) is 1.86. The van der Waals surface area contributed by atoms with Crippen LogP contribution in [0.2, 0.25) is 0 Å². The van der Waals surface area contributed by atoms with Gasteiger partial charge in [0.1, 0.15) is 5.69 Å². The Balaban J connectivity index is 1.77. The lowest BCUT2D eigenvalue weighted by molar-refractivity contribution is -0.384. The first-order valence-corrected chi connectivity index (χ1v) is 7.07. The molecule has 112 valence electrons. The molecular weight excluding hydrogens is 274 g/mol. The Labute approximate surface area is 121 Å². The minimum Gasteiger partial charge on any atom is -0.478 e. The molecule has 1 saturated carbocycles. The third-order valence-corrected chi connectivity index (χ3v) is 4.08. The van der Waals surface area contributed by atoms with Gasteiger partial charge >= 0.3 is 5.97 Å². The van der Waals surface area contributed by atoms with Crippen LogP contribution in [-0.4, -0.2) is 46.1 Å². The minimum atomic E-state index is -1.08. The largest absolute Gasteiger partial charge is 0.478 e. The highest BCUT2D eigenvalue weighted by atomic mass is 16.6. The summed E-state index contributed by atoms with van der Waals surface area (Å²) in [4.78, 5) is 24.0. The van der Waals surface area contributed by atoms with Crippen LogP contribution in [-0.2, 0) is 0 Å². The molecule has 2 N–H and O–H groups in total. The maximum absolute atomic E-state index is 11.1. The van der Waals surface area contributed by atoms with E-state index in [1.165, 1.54) is 31.0 Å². The number of benzene rings is 1. The molecular formula is C14H17N3O4. The van der Waals surface area contributed by atoms with Crippen LogP contribution < -0.4 is 5.32 Å². The fraction of sp³-hybridized carbons (Fsp3) is 0.500. The van der Waals surface area contributed by atoms with E-state index < -0.39 is 10.9 Å². The van der Waals surface area contributed by atoms with E-state index in [0.29, 0.717) is 11.7 Å². The number of rotatable bonds is 5. The second-order valence-electron chi connectivity index (χ2n) is 5.65. The van der Waals surface area contributed by atoms with E-state index in [9.17, 15) is 14.9 Å². The number of anilines is 1. The lowest BCUT2D eigenvalue weighted by atomic mass is 10.1. The second-order valence-corrected chi connectivity index (χ2v) is 5.65. The van der Waals surface area contributed by atoms with Crippen molar-refractivity contribution in [1.29, 1.82) is 0 Å². The normalized spacial score (nSPS) is 22.2. The first kappa shape index (κ1) is 13.8. The number of nitrogens with one attached hydrogen (secondary N) is 1. The van der Waals surface area contributed by atoms with Gasteiger partial charge in [-0.2, -0.15) is 0 Å². The molecule has 1 aliphatic heterocycles. The molecule has 1 atom stereocenters. The van der Waals surface area contributed by atoms with Gasteiger partial charge in [0.05, 0.1) is 10.5 Å². The van der Waals surface area contributed by atoms with Crippen molar-refractivity contribution in [3.8, 4) is 0 Å². The molecule has 0 aromatic heterocycles. The lowest BCUT2D eigenvalue weighted by Crippen LogP contribution is -2.28. The van der Waals surface area contributed by atoms with E-state index in [1.807, 2.05) is 0 Å². The Bertz CT molecular complexity index is 586. The highest BCUT2D eigenvalue weighted by Gasteiger charge is 2.34. The fourth-order valence-corrected chi connectivity index (χ4v) is 2.84. The number of carboxylic acids is 1. The molecule has 3 rings (SSSR count). The standard InChI is InChI=1S/C14H17N3O4/c18-14(19)9-1-4-13(17(20)21)12(7-9)15-10-5-6-16(8-10)11-2-3-11/h1,4,7,10-11,15H,2-3,5-6,8H2,(H,18,19). The van der Waals surface area contributed by atoms with E-state index in [-0.39, 0.29) is 17.3 Å². The van der Waals surface area contributed by atoms with E-state index in [4.69, 9.17) is 5.11 Å². The van der Waals surface area contributed by atoms with Crippen molar-refractivity contribution in [2.75, 3.05) is 18.4 Å². The van der Waals surface area contributed by atoms with Gasteiger partial charge in [-0.1, -0.05) is 0 Å². The van der Waals surface area contributed by atoms with Crippen LogP contribution in [0.25, 0.3) is 0 Å². The molecule has 0 radical (unpaired) electrons. The Morgan fingerprint density at radius 2 is 2.14 bits per heavy atom. The predicted octanol–water partition coefficient (Wildman–Crippen LogP) is 1.94. The summed E-state index contributed by atoms with van der Waals surface area (Å²) in [5.74, 6) is -1.08. The number of likely N-dealkylation sites (tertiary alicyclic amines) is 1. The summed E-state index contributed by atoms with van der Waals surface area (Å²) >= 11 is 0. The van der Waals surface area contributed by atoms with Crippen molar-refractivity contribution >= 4 is 17.3 Å². The molecule has 1 aliphatic carbocycles. The zero-order valence-corrected chi connectivity index (χ0v) is 11.5. The van der Waals surface area contributed by atoms with Crippen LogP contribution in [0.15, 0.2) is 18.2 Å². The highest BCUT2D eigenvalue weighted by molar-refractivity contribution is 5.90. The van der Waals surface area contributed by atoms with Crippen molar-refractivity contribution in [3.05, 3.63) is 33.9 Å². The maximum atomic E-state index is 11.1. The lowest BCUT2D eigenvalue weighted by Gasteiger charge is -2.17. The van der Waals surface area contributed by atoms with Crippen molar-refractivity contribution in [1.82, 2.24) is 4.90 Å². The number of hydrogen-bond acceptors (Lipinski definition) is 5. The van der Waals surface area contributed by atoms with E-state index in [1.54, 1.807) is 0 Å². The SMILES string of the molecule is O=C(O)c1ccc([N+](=O)[O-])c(NC2CCN(C3CC3)C2)c1. The number of nitrogens with zero attached hydrogens (tertiary/aromatic N) is 2. The van der Waals surface area contributed by atoms with Crippen molar-refractivity contribution < 1.29 is 14.8 Å². The highest BCUT2D eigenvalue weighted by Crippen LogP contribution is 2.32. The number of carboxylic acid groups (broad SMARTS) is 1. The molecule has 2 aliphatic rings. The molecule has 7 nitrogen and oxygen atoms in total. The molecule has 1 aromatic carbocycles. The summed E-state index contributed by atoms with van der Waals surface area (Å²) in [7, 11) is 0. The van der Waals surface area contributed by atoms with Gasteiger partial charge in [0.15, 0.2) is 0 Å². The third-order valence-electron chi connectivity index (χ3n) is 4.08. The summed E-state index contributed by atoms with van der Waals surface area (Å²) in [5, 5.41) is 23.2. The van der Waals surface area contributed by atoms with Gasteiger partial charge < -0.3 is 10.4 Å². The molecule has 1 aromatic rings. The van der Waals surface area contributed by atoms with Crippen LogP contribution in [0.4, 0.5) is 11.4 Å². The quantitative estimate of drug-likeness (QED) is 0.636. The monoisotopic (exact) mass is 291 g/mol. The summed E-state index contributed by atoms with van der Waals surface area (Å²) in [5.41, 5.74) is 0.271. The Morgan fingerprint density at radius 1 is 1.38 bits per heavy atom. The third kappa shape index (κ3) is 2.97. The van der Waals surface area contributed by atoms with Gasteiger partial charge in [0.25, 0.3) is 5.69 Å². The summed E-state index contributed by atoms with van der Waals surface area (Å²) < 4.78 is 0. The molecule has 0 bridgehead atoms. The number of nitro benzene ring substituents is 1. The van der Waals surface area contributed by atoms with Gasteiger partial charge in [0.2, 0.25) is 0 Å². The number of carbonyl (C=O) groups is 1. The molecule has 7 heteroatoms. The maximum Gasteiger partial charge on any atom is 0.335 e. The molecule has 2 fully saturated rings.